The Kier molecular flexibility index (Phi) is 8.62. The van der Waals surface area contributed by atoms with Crippen molar-refractivity contribution in [2.75, 3.05) is 6.54 Å². The molecule has 22 heavy (non-hydrogen) atoms. The lowest BCUT2D eigenvalue weighted by Gasteiger charge is -2.18. The lowest BCUT2D eigenvalue weighted by molar-refractivity contribution is 0.0933. The van der Waals surface area contributed by atoms with Crippen molar-refractivity contribution in [3.8, 4) is 0 Å². The fourth-order valence-corrected chi connectivity index (χ4v) is 2.69. The molecule has 0 saturated heterocycles. The number of nitrogens with two attached hydrogens (primary N) is 2. The van der Waals surface area contributed by atoms with Crippen molar-refractivity contribution in [2.45, 2.75) is 32.1 Å². The van der Waals surface area contributed by atoms with E-state index in [1.165, 1.54) is 0 Å². The molecule has 0 radical (unpaired) electrons. The van der Waals surface area contributed by atoms with Crippen LogP contribution in [0.1, 0.15) is 36.2 Å². The number of benzene rings is 1. The smallest absolute Gasteiger partial charge is 0.251 e. The molecule has 0 heterocycles. The van der Waals surface area contributed by atoms with E-state index in [1.54, 1.807) is 24.3 Å². The summed E-state index contributed by atoms with van der Waals surface area (Å²) in [5, 5.41) is 7.85. The summed E-state index contributed by atoms with van der Waals surface area (Å²) in [4.78, 5) is 12.1. The summed E-state index contributed by atoms with van der Waals surface area (Å²) in [6, 6.07) is 6.26. The van der Waals surface area contributed by atoms with E-state index < -0.39 is 10.0 Å². The molecular weight excluding hydrogens is 326 g/mol. The molecule has 1 amide bonds. The van der Waals surface area contributed by atoms with Gasteiger partial charge in [0.05, 0.1) is 5.75 Å². The number of hydrogen-bond acceptors (Lipinski definition) is 4. The van der Waals surface area contributed by atoms with E-state index in [2.05, 4.69) is 19.2 Å². The summed E-state index contributed by atoms with van der Waals surface area (Å²) < 4.78 is 22.0. The summed E-state index contributed by atoms with van der Waals surface area (Å²) in [5.74, 6) is -0.0162. The van der Waals surface area contributed by atoms with Crippen LogP contribution >= 0.6 is 12.4 Å². The molecule has 5 N–H and O–H groups in total. The van der Waals surface area contributed by atoms with E-state index in [0.717, 1.165) is 6.42 Å². The Hall–Kier alpha value is -1.15. The van der Waals surface area contributed by atoms with Gasteiger partial charge in [0.25, 0.3) is 5.91 Å². The second kappa shape index (κ2) is 9.09. The van der Waals surface area contributed by atoms with E-state index in [1.807, 2.05) is 0 Å². The van der Waals surface area contributed by atoms with Crippen molar-refractivity contribution in [2.24, 2.45) is 16.8 Å². The number of primary sulfonamides is 1. The van der Waals surface area contributed by atoms with Gasteiger partial charge in [-0.2, -0.15) is 0 Å². The summed E-state index contributed by atoms with van der Waals surface area (Å²) >= 11 is 0. The topological polar surface area (TPSA) is 115 Å². The molecule has 1 unspecified atom stereocenters. The second-order valence-corrected chi connectivity index (χ2v) is 7.15. The molecule has 0 aliphatic rings. The quantitative estimate of drug-likeness (QED) is 0.681. The fourth-order valence-electron chi connectivity index (χ4n) is 2.04. The second-order valence-electron chi connectivity index (χ2n) is 5.54. The fraction of sp³-hybridized carbons (Fsp3) is 0.500. The number of halogens is 1. The van der Waals surface area contributed by atoms with E-state index in [0.29, 0.717) is 23.6 Å². The molecule has 6 nitrogen and oxygen atoms in total. The Labute approximate surface area is 138 Å². The van der Waals surface area contributed by atoms with Crippen molar-refractivity contribution < 1.29 is 13.2 Å². The number of carbonyl (C=O) groups is 1. The maximum Gasteiger partial charge on any atom is 0.251 e. The molecule has 0 aromatic heterocycles. The van der Waals surface area contributed by atoms with Gasteiger partial charge in [-0.15, -0.1) is 12.4 Å². The molecule has 0 bridgehead atoms. The Balaban J connectivity index is 0.00000441. The van der Waals surface area contributed by atoms with Gasteiger partial charge in [0.2, 0.25) is 10.0 Å². The van der Waals surface area contributed by atoms with Crippen molar-refractivity contribution in [3.63, 3.8) is 0 Å². The lowest BCUT2D eigenvalue weighted by atomic mass is 10.0. The number of hydrogen-bond donors (Lipinski definition) is 3. The number of sulfonamides is 1. The standard InChI is InChI=1S/C14H23N3O3S.ClH/c1-10(2)7-13(8-15)17-14(18)12-5-3-11(4-6-12)9-21(16,19)20;/h3-6,10,13H,7-9,15H2,1-2H3,(H,17,18)(H2,16,19,20);1H. The first kappa shape index (κ1) is 20.9. The molecular formula is C14H24ClN3O3S. The third kappa shape index (κ3) is 7.74. The molecule has 1 aromatic carbocycles. The molecule has 0 fully saturated rings. The van der Waals surface area contributed by atoms with Crippen LogP contribution in [-0.2, 0) is 15.8 Å². The predicted octanol–water partition coefficient (Wildman–Crippen LogP) is 1.00. The first-order valence-corrected chi connectivity index (χ1v) is 8.53. The van der Waals surface area contributed by atoms with Crippen molar-refractivity contribution in [3.05, 3.63) is 35.4 Å². The highest BCUT2D eigenvalue weighted by Gasteiger charge is 2.14. The average Bonchev–Trinajstić information content (AvgIpc) is 2.36. The number of rotatable bonds is 7. The molecule has 0 spiro atoms. The van der Waals surface area contributed by atoms with Crippen molar-refractivity contribution >= 4 is 28.3 Å². The zero-order valence-electron chi connectivity index (χ0n) is 12.8. The monoisotopic (exact) mass is 349 g/mol. The largest absolute Gasteiger partial charge is 0.348 e. The highest BCUT2D eigenvalue weighted by atomic mass is 35.5. The Morgan fingerprint density at radius 3 is 2.18 bits per heavy atom. The first-order chi connectivity index (χ1) is 9.71. The maximum atomic E-state index is 12.1. The van der Waals surface area contributed by atoms with Crippen LogP contribution in [0.4, 0.5) is 0 Å². The molecule has 1 atom stereocenters. The molecule has 0 aliphatic heterocycles. The normalized spacial score (nSPS) is 12.6. The minimum absolute atomic E-state index is 0. The third-order valence-corrected chi connectivity index (χ3v) is 3.70. The number of amides is 1. The highest BCUT2D eigenvalue weighted by molar-refractivity contribution is 7.88. The van der Waals surface area contributed by atoms with Gasteiger partial charge < -0.3 is 11.1 Å². The van der Waals surface area contributed by atoms with E-state index in [-0.39, 0.29) is 30.1 Å². The average molecular weight is 350 g/mol. The van der Waals surface area contributed by atoms with Crippen LogP contribution in [0, 0.1) is 5.92 Å². The summed E-state index contributed by atoms with van der Waals surface area (Å²) in [6.45, 7) is 4.52. The Bertz CT molecular complexity index is 574. The van der Waals surface area contributed by atoms with Crippen molar-refractivity contribution in [1.82, 2.24) is 5.32 Å². The minimum Gasteiger partial charge on any atom is -0.348 e. The van der Waals surface area contributed by atoms with Crippen LogP contribution in [0.3, 0.4) is 0 Å². The van der Waals surface area contributed by atoms with E-state index in [4.69, 9.17) is 10.9 Å². The molecule has 126 valence electrons. The number of carbonyl (C=O) groups excluding carboxylic acids is 1. The van der Waals surface area contributed by atoms with Gasteiger partial charge in [-0.1, -0.05) is 26.0 Å². The lowest BCUT2D eigenvalue weighted by Crippen LogP contribution is -2.41. The molecule has 0 saturated carbocycles. The van der Waals surface area contributed by atoms with E-state index >= 15 is 0 Å². The predicted molar refractivity (Wildman–Crippen MR) is 90.3 cm³/mol. The van der Waals surface area contributed by atoms with Gasteiger partial charge in [0.1, 0.15) is 0 Å². The van der Waals surface area contributed by atoms with Gasteiger partial charge in [0, 0.05) is 18.2 Å². The molecule has 0 aliphatic carbocycles. The molecule has 1 rings (SSSR count). The first-order valence-electron chi connectivity index (χ1n) is 6.81. The van der Waals surface area contributed by atoms with Crippen LogP contribution in [0.25, 0.3) is 0 Å². The Morgan fingerprint density at radius 1 is 1.23 bits per heavy atom. The number of nitrogens with one attached hydrogen (secondary N) is 1. The van der Waals surface area contributed by atoms with Gasteiger partial charge in [-0.05, 0) is 30.0 Å². The van der Waals surface area contributed by atoms with Gasteiger partial charge in [-0.3, -0.25) is 4.79 Å². The zero-order valence-corrected chi connectivity index (χ0v) is 14.4. The van der Waals surface area contributed by atoms with Gasteiger partial charge in [-0.25, -0.2) is 13.6 Å². The zero-order chi connectivity index (χ0) is 16.0. The minimum atomic E-state index is -3.56. The van der Waals surface area contributed by atoms with Crippen LogP contribution in [0.15, 0.2) is 24.3 Å². The van der Waals surface area contributed by atoms with Gasteiger partial charge in [0.15, 0.2) is 0 Å². The van der Waals surface area contributed by atoms with Gasteiger partial charge >= 0.3 is 0 Å². The van der Waals surface area contributed by atoms with Crippen LogP contribution in [0.5, 0.6) is 0 Å². The highest BCUT2D eigenvalue weighted by Crippen LogP contribution is 2.09. The maximum absolute atomic E-state index is 12.1. The molecule has 1 aromatic rings. The summed E-state index contributed by atoms with van der Waals surface area (Å²) in [5.41, 5.74) is 6.66. The van der Waals surface area contributed by atoms with Crippen LogP contribution in [0.2, 0.25) is 0 Å². The Morgan fingerprint density at radius 2 is 1.77 bits per heavy atom. The summed E-state index contributed by atoms with van der Waals surface area (Å²) in [7, 11) is -3.56. The van der Waals surface area contributed by atoms with Crippen LogP contribution < -0.4 is 16.2 Å². The third-order valence-electron chi connectivity index (χ3n) is 2.96. The van der Waals surface area contributed by atoms with Crippen LogP contribution in [-0.4, -0.2) is 26.9 Å². The van der Waals surface area contributed by atoms with E-state index in [9.17, 15) is 13.2 Å². The SMILES string of the molecule is CC(C)CC(CN)NC(=O)c1ccc(CS(N)(=O)=O)cc1.Cl. The van der Waals surface area contributed by atoms with Crippen molar-refractivity contribution in [1.29, 1.82) is 0 Å². The molecule has 8 heteroatoms. The summed E-state index contributed by atoms with van der Waals surface area (Å²) in [6.07, 6.45) is 0.811.